The van der Waals surface area contributed by atoms with Gasteiger partial charge < -0.3 is 16.4 Å². The number of primary amides is 1. The van der Waals surface area contributed by atoms with E-state index < -0.39 is 11.9 Å². The Hall–Kier alpha value is -1.11. The van der Waals surface area contributed by atoms with Gasteiger partial charge in [-0.05, 0) is 17.7 Å². The number of carbonyl (C=O) groups excluding carboxylic acids is 2. The lowest BCUT2D eigenvalue weighted by molar-refractivity contribution is -0.133. The third-order valence-electron chi connectivity index (χ3n) is 2.42. The second-order valence-corrected chi connectivity index (χ2v) is 5.02. The first-order chi connectivity index (χ1) is 8.40. The first-order valence-corrected chi connectivity index (χ1v) is 6.22. The predicted molar refractivity (Wildman–Crippen MR) is 79.7 cm³/mol. The van der Waals surface area contributed by atoms with Gasteiger partial charge in [0, 0.05) is 18.1 Å². The van der Waals surface area contributed by atoms with Crippen LogP contribution in [-0.4, -0.2) is 29.8 Å². The summed E-state index contributed by atoms with van der Waals surface area (Å²) in [5, 5.41) is 0. The number of likely N-dealkylation sites (N-methyl/N-ethyl adjacent to an activating group) is 1. The quantitative estimate of drug-likeness (QED) is 0.831. The van der Waals surface area contributed by atoms with Gasteiger partial charge in [0.15, 0.2) is 0 Å². The number of hydrogen-bond acceptors (Lipinski definition) is 3. The van der Waals surface area contributed by atoms with Crippen molar-refractivity contribution in [2.45, 2.75) is 19.0 Å². The number of amides is 2. The van der Waals surface area contributed by atoms with E-state index in [-0.39, 0.29) is 24.7 Å². The van der Waals surface area contributed by atoms with E-state index in [2.05, 4.69) is 15.9 Å². The van der Waals surface area contributed by atoms with Gasteiger partial charge in [-0.25, -0.2) is 0 Å². The van der Waals surface area contributed by atoms with Crippen molar-refractivity contribution in [3.05, 3.63) is 34.3 Å². The van der Waals surface area contributed by atoms with Crippen LogP contribution in [0.4, 0.5) is 0 Å². The average Bonchev–Trinajstić information content (AvgIpc) is 2.27. The Bertz CT molecular complexity index is 456. The van der Waals surface area contributed by atoms with Crippen LogP contribution in [0.2, 0.25) is 0 Å². The van der Waals surface area contributed by atoms with Crippen molar-refractivity contribution in [1.29, 1.82) is 0 Å². The zero-order valence-electron chi connectivity index (χ0n) is 10.5. The van der Waals surface area contributed by atoms with Crippen LogP contribution >= 0.6 is 28.3 Å². The van der Waals surface area contributed by atoms with Crippen molar-refractivity contribution in [3.63, 3.8) is 0 Å². The van der Waals surface area contributed by atoms with E-state index >= 15 is 0 Å². The highest BCUT2D eigenvalue weighted by Gasteiger charge is 2.19. The van der Waals surface area contributed by atoms with E-state index in [0.29, 0.717) is 6.54 Å². The highest BCUT2D eigenvalue weighted by atomic mass is 79.9. The minimum atomic E-state index is -0.875. The molecule has 0 heterocycles. The fourth-order valence-electron chi connectivity index (χ4n) is 1.57. The zero-order valence-corrected chi connectivity index (χ0v) is 12.9. The molecule has 7 heteroatoms. The van der Waals surface area contributed by atoms with E-state index in [1.165, 1.54) is 4.90 Å². The molecule has 5 nitrogen and oxygen atoms in total. The molecule has 0 bridgehead atoms. The SMILES string of the molecule is CN(Cc1cccc(Br)c1)C(=O)C(N)CC(N)=O.Cl. The first kappa shape index (κ1) is 17.9. The van der Waals surface area contributed by atoms with Gasteiger partial charge >= 0.3 is 0 Å². The molecule has 0 aliphatic carbocycles. The summed E-state index contributed by atoms with van der Waals surface area (Å²) in [6, 6.07) is 6.75. The molecule has 0 aromatic heterocycles. The van der Waals surface area contributed by atoms with Crippen LogP contribution in [0.3, 0.4) is 0 Å². The van der Waals surface area contributed by atoms with Crippen molar-refractivity contribution in [1.82, 2.24) is 4.90 Å². The fourth-order valence-corrected chi connectivity index (χ4v) is 2.02. The largest absolute Gasteiger partial charge is 0.370 e. The molecule has 106 valence electrons. The van der Waals surface area contributed by atoms with Crippen molar-refractivity contribution in [2.75, 3.05) is 7.05 Å². The molecule has 0 saturated heterocycles. The topological polar surface area (TPSA) is 89.4 Å². The van der Waals surface area contributed by atoms with Crippen molar-refractivity contribution in [3.8, 4) is 0 Å². The third-order valence-corrected chi connectivity index (χ3v) is 2.92. The summed E-state index contributed by atoms with van der Waals surface area (Å²) < 4.78 is 0.947. The Labute approximate surface area is 126 Å². The minimum Gasteiger partial charge on any atom is -0.370 e. The lowest BCUT2D eigenvalue weighted by Crippen LogP contribution is -2.43. The maximum atomic E-state index is 11.8. The molecule has 1 aromatic carbocycles. The van der Waals surface area contributed by atoms with E-state index in [4.69, 9.17) is 11.5 Å². The van der Waals surface area contributed by atoms with E-state index in [1.807, 2.05) is 24.3 Å². The van der Waals surface area contributed by atoms with Gasteiger partial charge in [0.1, 0.15) is 0 Å². The second kappa shape index (κ2) is 8.14. The summed E-state index contributed by atoms with van der Waals surface area (Å²) in [5.74, 6) is -0.875. The lowest BCUT2D eigenvalue weighted by Gasteiger charge is -2.20. The van der Waals surface area contributed by atoms with Crippen LogP contribution < -0.4 is 11.5 Å². The number of nitrogens with two attached hydrogens (primary N) is 2. The molecule has 0 radical (unpaired) electrons. The van der Waals surface area contributed by atoms with Gasteiger partial charge in [-0.15, -0.1) is 12.4 Å². The van der Waals surface area contributed by atoms with E-state index in [0.717, 1.165) is 10.0 Å². The van der Waals surface area contributed by atoms with E-state index in [9.17, 15) is 9.59 Å². The Morgan fingerprint density at radius 2 is 2.05 bits per heavy atom. The van der Waals surface area contributed by atoms with Crippen LogP contribution in [0.5, 0.6) is 0 Å². The molecular weight excluding hydrogens is 334 g/mol. The number of nitrogens with zero attached hydrogens (tertiary/aromatic N) is 1. The van der Waals surface area contributed by atoms with Gasteiger partial charge in [-0.2, -0.15) is 0 Å². The Morgan fingerprint density at radius 3 is 2.58 bits per heavy atom. The van der Waals surface area contributed by atoms with Crippen molar-refractivity contribution in [2.24, 2.45) is 11.5 Å². The molecule has 0 spiro atoms. The average molecular weight is 351 g/mol. The number of benzene rings is 1. The normalized spacial score (nSPS) is 11.3. The van der Waals surface area contributed by atoms with Crippen LogP contribution in [-0.2, 0) is 16.1 Å². The Kier molecular flexibility index (Phi) is 7.66. The summed E-state index contributed by atoms with van der Waals surface area (Å²) in [5.41, 5.74) is 11.6. The summed E-state index contributed by atoms with van der Waals surface area (Å²) >= 11 is 3.36. The summed E-state index contributed by atoms with van der Waals surface area (Å²) in [6.07, 6.45) is -0.137. The van der Waals surface area contributed by atoms with Crippen LogP contribution in [0.25, 0.3) is 0 Å². The molecule has 1 unspecified atom stereocenters. The van der Waals surface area contributed by atoms with Gasteiger partial charge in [0.05, 0.1) is 12.5 Å². The maximum absolute atomic E-state index is 11.8. The molecule has 0 fully saturated rings. The predicted octanol–water partition coefficient (Wildman–Crippen LogP) is 1.03. The second-order valence-electron chi connectivity index (χ2n) is 4.10. The van der Waals surface area contributed by atoms with Crippen molar-refractivity contribution >= 4 is 40.2 Å². The molecule has 19 heavy (non-hydrogen) atoms. The van der Waals surface area contributed by atoms with Gasteiger partial charge in [-0.1, -0.05) is 28.1 Å². The maximum Gasteiger partial charge on any atom is 0.240 e. The smallest absolute Gasteiger partial charge is 0.240 e. The first-order valence-electron chi connectivity index (χ1n) is 5.43. The van der Waals surface area contributed by atoms with Gasteiger partial charge in [0.2, 0.25) is 11.8 Å². The zero-order chi connectivity index (χ0) is 13.7. The Balaban J connectivity index is 0.00000324. The molecule has 1 rings (SSSR count). The molecular formula is C12H17BrClN3O2. The summed E-state index contributed by atoms with van der Waals surface area (Å²) in [6.45, 7) is 0.435. The van der Waals surface area contributed by atoms with E-state index in [1.54, 1.807) is 7.05 Å². The van der Waals surface area contributed by atoms with Crippen LogP contribution in [0, 0.1) is 0 Å². The molecule has 1 atom stereocenters. The highest BCUT2D eigenvalue weighted by molar-refractivity contribution is 9.10. The van der Waals surface area contributed by atoms with Crippen molar-refractivity contribution < 1.29 is 9.59 Å². The number of rotatable bonds is 5. The van der Waals surface area contributed by atoms with Crippen LogP contribution in [0.1, 0.15) is 12.0 Å². The fraction of sp³-hybridized carbons (Fsp3) is 0.333. The summed E-state index contributed by atoms with van der Waals surface area (Å²) in [4.78, 5) is 24.0. The monoisotopic (exact) mass is 349 g/mol. The van der Waals surface area contributed by atoms with Gasteiger partial charge in [-0.3, -0.25) is 9.59 Å². The molecule has 1 aromatic rings. The number of halogens is 2. The molecule has 0 aliphatic rings. The standard InChI is InChI=1S/C12H16BrN3O2.ClH/c1-16(12(18)10(14)6-11(15)17)7-8-3-2-4-9(13)5-8;/h2-5,10H,6-7,14H2,1H3,(H2,15,17);1H. The molecule has 0 saturated carbocycles. The minimum absolute atomic E-state index is 0. The molecule has 2 amide bonds. The summed E-state index contributed by atoms with van der Waals surface area (Å²) in [7, 11) is 1.64. The third kappa shape index (κ3) is 6.04. The Morgan fingerprint density at radius 1 is 1.42 bits per heavy atom. The molecule has 4 N–H and O–H groups in total. The van der Waals surface area contributed by atoms with Gasteiger partial charge in [0.25, 0.3) is 0 Å². The number of hydrogen-bond donors (Lipinski definition) is 2. The lowest BCUT2D eigenvalue weighted by atomic mass is 10.1. The molecule has 0 aliphatic heterocycles. The number of carbonyl (C=O) groups is 2. The highest BCUT2D eigenvalue weighted by Crippen LogP contribution is 2.13. The van der Waals surface area contributed by atoms with Crippen LogP contribution in [0.15, 0.2) is 28.7 Å².